The molecular weight excluding hydrogens is 406 g/mol. The summed E-state index contributed by atoms with van der Waals surface area (Å²) >= 11 is 0. The Kier molecular flexibility index (Phi) is 4.74. The Labute approximate surface area is 183 Å². The Morgan fingerprint density at radius 1 is 1.09 bits per heavy atom. The van der Waals surface area contributed by atoms with Gasteiger partial charge in [-0.15, -0.1) is 0 Å². The van der Waals surface area contributed by atoms with E-state index in [0.29, 0.717) is 42.2 Å². The summed E-state index contributed by atoms with van der Waals surface area (Å²) in [5, 5.41) is 3.29. The number of amides is 2. The molecule has 1 aliphatic heterocycles. The monoisotopic (exact) mass is 427 g/mol. The van der Waals surface area contributed by atoms with E-state index < -0.39 is 5.91 Å². The summed E-state index contributed by atoms with van der Waals surface area (Å²) in [6, 6.07) is 16.9. The summed E-state index contributed by atoms with van der Waals surface area (Å²) in [6.45, 7) is 4.47. The van der Waals surface area contributed by atoms with Crippen molar-refractivity contribution >= 4 is 17.5 Å². The van der Waals surface area contributed by atoms with Gasteiger partial charge in [-0.05, 0) is 42.5 Å². The smallest absolute Gasteiger partial charge is 0.254 e. The fourth-order valence-corrected chi connectivity index (χ4v) is 4.02. The summed E-state index contributed by atoms with van der Waals surface area (Å²) in [7, 11) is 0. The van der Waals surface area contributed by atoms with Gasteiger partial charge >= 0.3 is 0 Å². The SMILES string of the molecule is C=CC(=O)N1CCc2c(nc3c(C(N)=O)c(-c4ccc(Oc5ccccc5)cc4)[nH]n23)C1. The van der Waals surface area contributed by atoms with Crippen molar-refractivity contribution in [2.45, 2.75) is 13.0 Å². The lowest BCUT2D eigenvalue weighted by Gasteiger charge is -2.25. The minimum atomic E-state index is -0.572. The highest BCUT2D eigenvalue weighted by Crippen LogP contribution is 2.31. The quantitative estimate of drug-likeness (QED) is 0.477. The molecule has 0 unspecified atom stereocenters. The number of para-hydroxylation sites is 1. The Hall–Kier alpha value is -4.33. The highest BCUT2D eigenvalue weighted by Gasteiger charge is 2.28. The van der Waals surface area contributed by atoms with E-state index in [2.05, 4.69) is 16.7 Å². The summed E-state index contributed by atoms with van der Waals surface area (Å²) in [5.41, 5.74) is 9.59. The van der Waals surface area contributed by atoms with Gasteiger partial charge in [0.05, 0.1) is 23.6 Å². The molecule has 32 heavy (non-hydrogen) atoms. The zero-order valence-electron chi connectivity index (χ0n) is 17.2. The lowest BCUT2D eigenvalue weighted by molar-refractivity contribution is -0.126. The molecule has 0 radical (unpaired) electrons. The van der Waals surface area contributed by atoms with Crippen LogP contribution in [-0.4, -0.2) is 37.9 Å². The predicted molar refractivity (Wildman–Crippen MR) is 119 cm³/mol. The third-order valence-electron chi connectivity index (χ3n) is 5.57. The van der Waals surface area contributed by atoms with Crippen LogP contribution in [0, 0.1) is 0 Å². The van der Waals surface area contributed by atoms with Gasteiger partial charge in [0.1, 0.15) is 17.1 Å². The summed E-state index contributed by atoms with van der Waals surface area (Å²) in [5.74, 6) is 0.714. The molecular formula is C24H21N5O3. The molecule has 0 spiro atoms. The minimum absolute atomic E-state index is 0.138. The molecule has 2 aromatic heterocycles. The van der Waals surface area contributed by atoms with Crippen LogP contribution in [0.4, 0.5) is 0 Å². The Morgan fingerprint density at radius 3 is 2.50 bits per heavy atom. The molecule has 2 aromatic carbocycles. The van der Waals surface area contributed by atoms with Gasteiger partial charge in [0.15, 0.2) is 5.65 Å². The second-order valence-corrected chi connectivity index (χ2v) is 7.54. The van der Waals surface area contributed by atoms with Crippen LogP contribution in [0.25, 0.3) is 16.9 Å². The lowest BCUT2D eigenvalue weighted by atomic mass is 10.1. The van der Waals surface area contributed by atoms with Gasteiger partial charge in [0.2, 0.25) is 5.91 Å². The average molecular weight is 427 g/mol. The topological polar surface area (TPSA) is 106 Å². The van der Waals surface area contributed by atoms with Crippen molar-refractivity contribution in [3.8, 4) is 22.8 Å². The highest BCUT2D eigenvalue weighted by molar-refractivity contribution is 6.04. The van der Waals surface area contributed by atoms with Crippen LogP contribution >= 0.6 is 0 Å². The molecule has 0 saturated heterocycles. The molecule has 0 bridgehead atoms. The number of rotatable bonds is 5. The van der Waals surface area contributed by atoms with Crippen molar-refractivity contribution in [3.05, 3.63) is 84.2 Å². The fraction of sp³-hybridized carbons (Fsp3) is 0.125. The number of imidazole rings is 1. The first-order valence-electron chi connectivity index (χ1n) is 10.2. The predicted octanol–water partition coefficient (Wildman–Crippen LogP) is 3.29. The summed E-state index contributed by atoms with van der Waals surface area (Å²) < 4.78 is 7.65. The van der Waals surface area contributed by atoms with Gasteiger partial charge in [0.25, 0.3) is 5.91 Å². The highest BCUT2D eigenvalue weighted by atomic mass is 16.5. The largest absolute Gasteiger partial charge is 0.457 e. The van der Waals surface area contributed by atoms with Crippen LogP contribution in [0.15, 0.2) is 67.3 Å². The van der Waals surface area contributed by atoms with Crippen LogP contribution in [-0.2, 0) is 17.8 Å². The molecule has 8 nitrogen and oxygen atoms in total. The number of carbonyl (C=O) groups is 2. The first-order chi connectivity index (χ1) is 15.5. The molecule has 4 aromatic rings. The molecule has 0 aliphatic carbocycles. The maximum atomic E-state index is 12.4. The van der Waals surface area contributed by atoms with Gasteiger partial charge < -0.3 is 15.4 Å². The summed E-state index contributed by atoms with van der Waals surface area (Å²) in [6.07, 6.45) is 1.91. The first-order valence-corrected chi connectivity index (χ1v) is 10.2. The zero-order chi connectivity index (χ0) is 22.2. The van der Waals surface area contributed by atoms with Crippen molar-refractivity contribution in [3.63, 3.8) is 0 Å². The number of hydrogen-bond acceptors (Lipinski definition) is 4. The van der Waals surface area contributed by atoms with Crippen molar-refractivity contribution in [2.75, 3.05) is 6.54 Å². The van der Waals surface area contributed by atoms with E-state index in [0.717, 1.165) is 22.7 Å². The number of primary amides is 1. The maximum absolute atomic E-state index is 12.4. The number of fused-ring (bicyclic) bond motifs is 3. The standard InChI is InChI=1S/C24H21N5O3/c1-2-20(30)28-13-12-19-18(14-28)26-24-21(23(25)31)22(27-29(19)24)15-8-10-17(11-9-15)32-16-6-4-3-5-7-16/h2-11,27H,1,12-14H2,(H2,25,31). The van der Waals surface area contributed by atoms with Crippen molar-refractivity contribution in [2.24, 2.45) is 5.73 Å². The average Bonchev–Trinajstić information content (AvgIpc) is 3.35. The van der Waals surface area contributed by atoms with E-state index in [9.17, 15) is 9.59 Å². The maximum Gasteiger partial charge on any atom is 0.254 e. The number of hydrogen-bond donors (Lipinski definition) is 2. The van der Waals surface area contributed by atoms with Crippen molar-refractivity contribution < 1.29 is 14.3 Å². The molecule has 5 rings (SSSR count). The lowest BCUT2D eigenvalue weighted by Crippen LogP contribution is -2.35. The van der Waals surface area contributed by atoms with Crippen LogP contribution in [0.5, 0.6) is 11.5 Å². The van der Waals surface area contributed by atoms with Crippen LogP contribution < -0.4 is 10.5 Å². The number of aromatic amines is 1. The number of nitrogens with zero attached hydrogens (tertiary/aromatic N) is 3. The minimum Gasteiger partial charge on any atom is -0.457 e. The van der Waals surface area contributed by atoms with Crippen LogP contribution in [0.1, 0.15) is 21.7 Å². The number of nitrogens with two attached hydrogens (primary N) is 1. The van der Waals surface area contributed by atoms with E-state index in [4.69, 9.17) is 10.5 Å². The van der Waals surface area contributed by atoms with Crippen LogP contribution in [0.2, 0.25) is 0 Å². The number of H-pyrrole nitrogens is 1. The Morgan fingerprint density at radius 2 is 1.81 bits per heavy atom. The first kappa shape index (κ1) is 19.6. The van der Waals surface area contributed by atoms with E-state index >= 15 is 0 Å². The summed E-state index contributed by atoms with van der Waals surface area (Å²) in [4.78, 5) is 30.6. The van der Waals surface area contributed by atoms with Gasteiger partial charge in [-0.2, -0.15) is 0 Å². The molecule has 0 saturated carbocycles. The second-order valence-electron chi connectivity index (χ2n) is 7.54. The fourth-order valence-electron chi connectivity index (χ4n) is 4.02. The van der Waals surface area contributed by atoms with Gasteiger partial charge in [-0.25, -0.2) is 9.50 Å². The van der Waals surface area contributed by atoms with E-state index in [1.165, 1.54) is 6.08 Å². The number of ether oxygens (including phenoxy) is 1. The molecule has 1 aliphatic rings. The number of benzene rings is 2. The van der Waals surface area contributed by atoms with E-state index in [1.807, 2.05) is 54.6 Å². The zero-order valence-corrected chi connectivity index (χ0v) is 17.2. The number of nitrogens with one attached hydrogen (secondary N) is 1. The van der Waals surface area contributed by atoms with Crippen molar-refractivity contribution in [1.29, 1.82) is 0 Å². The number of carbonyl (C=O) groups excluding carboxylic acids is 2. The third kappa shape index (κ3) is 3.31. The third-order valence-corrected chi connectivity index (χ3v) is 5.57. The molecule has 2 amide bonds. The normalized spacial score (nSPS) is 13.1. The Balaban J connectivity index is 1.50. The van der Waals surface area contributed by atoms with Gasteiger partial charge in [-0.3, -0.25) is 14.7 Å². The second kappa shape index (κ2) is 7.73. The van der Waals surface area contributed by atoms with Crippen LogP contribution in [0.3, 0.4) is 0 Å². The molecule has 0 atom stereocenters. The molecule has 8 heteroatoms. The molecule has 3 N–H and O–H groups in total. The van der Waals surface area contributed by atoms with E-state index in [-0.39, 0.29) is 5.91 Å². The molecule has 0 fully saturated rings. The van der Waals surface area contributed by atoms with Crippen molar-refractivity contribution in [1.82, 2.24) is 19.5 Å². The van der Waals surface area contributed by atoms with Gasteiger partial charge in [-0.1, -0.05) is 24.8 Å². The Bertz CT molecular complexity index is 1340. The molecule has 3 heterocycles. The molecule has 160 valence electrons. The number of aromatic nitrogens is 3. The van der Waals surface area contributed by atoms with E-state index in [1.54, 1.807) is 9.42 Å². The van der Waals surface area contributed by atoms with Gasteiger partial charge in [0, 0.05) is 18.5 Å².